The monoisotopic (exact) mass is 412 g/mol. The highest BCUT2D eigenvalue weighted by Crippen LogP contribution is 2.18. The molecule has 0 aromatic rings. The Kier molecular flexibility index (Phi) is 10.8. The van der Waals surface area contributed by atoms with Crippen LogP contribution >= 0.6 is 24.0 Å². The summed E-state index contributed by atoms with van der Waals surface area (Å²) in [4.78, 5) is 17.5. The summed E-state index contributed by atoms with van der Waals surface area (Å²) in [7, 11) is 3.51. The third-order valence-corrected chi connectivity index (χ3v) is 3.48. The second-order valence-electron chi connectivity index (χ2n) is 5.45. The van der Waals surface area contributed by atoms with Gasteiger partial charge in [-0.15, -0.1) is 24.0 Å². The van der Waals surface area contributed by atoms with E-state index in [0.717, 1.165) is 38.2 Å². The molecule has 0 aliphatic heterocycles. The Balaban J connectivity index is 0.00000400. The fourth-order valence-electron chi connectivity index (χ4n) is 2.22. The summed E-state index contributed by atoms with van der Waals surface area (Å²) in [6, 6.07) is 0.362. The largest absolute Gasteiger partial charge is 0.393 e. The van der Waals surface area contributed by atoms with E-state index < -0.39 is 0 Å². The highest BCUT2D eigenvalue weighted by molar-refractivity contribution is 14.0. The van der Waals surface area contributed by atoms with Crippen LogP contribution in [0.5, 0.6) is 0 Å². The van der Waals surface area contributed by atoms with Crippen LogP contribution in [0.4, 0.5) is 0 Å². The lowest BCUT2D eigenvalue weighted by molar-refractivity contribution is -0.128. The molecule has 6 nitrogen and oxygen atoms in total. The third-order valence-electron chi connectivity index (χ3n) is 3.48. The molecule has 1 aliphatic carbocycles. The van der Waals surface area contributed by atoms with Crippen molar-refractivity contribution in [3.05, 3.63) is 0 Å². The maximum atomic E-state index is 11.5. The summed E-state index contributed by atoms with van der Waals surface area (Å²) in [6.45, 7) is 3.30. The molecular formula is C14H29IN4O2. The smallest absolute Gasteiger partial charge is 0.223 e. The Hall–Kier alpha value is -0.570. The zero-order valence-electron chi connectivity index (χ0n) is 13.3. The fourth-order valence-corrected chi connectivity index (χ4v) is 2.22. The number of nitrogens with zero attached hydrogens (tertiary/aromatic N) is 2. The summed E-state index contributed by atoms with van der Waals surface area (Å²) in [6.07, 6.45) is 3.88. The van der Waals surface area contributed by atoms with Crippen LogP contribution < -0.4 is 10.6 Å². The van der Waals surface area contributed by atoms with Crippen LogP contribution in [-0.4, -0.2) is 61.2 Å². The van der Waals surface area contributed by atoms with E-state index in [1.165, 1.54) is 0 Å². The maximum Gasteiger partial charge on any atom is 0.223 e. The van der Waals surface area contributed by atoms with Gasteiger partial charge in [-0.25, -0.2) is 0 Å². The van der Waals surface area contributed by atoms with Gasteiger partial charge in [-0.1, -0.05) is 0 Å². The summed E-state index contributed by atoms with van der Waals surface area (Å²) >= 11 is 0. The Morgan fingerprint density at radius 1 is 1.29 bits per heavy atom. The first-order chi connectivity index (χ1) is 9.52. The third kappa shape index (κ3) is 8.45. The van der Waals surface area contributed by atoms with Crippen LogP contribution in [0.25, 0.3) is 0 Å². The second kappa shape index (κ2) is 11.1. The molecule has 1 aliphatic rings. The molecule has 0 spiro atoms. The molecule has 0 aromatic carbocycles. The van der Waals surface area contributed by atoms with Crippen molar-refractivity contribution in [2.24, 2.45) is 4.99 Å². The number of amides is 1. The Labute approximate surface area is 144 Å². The van der Waals surface area contributed by atoms with E-state index in [1.807, 2.05) is 6.92 Å². The zero-order chi connectivity index (χ0) is 15.0. The minimum absolute atomic E-state index is 0. The zero-order valence-corrected chi connectivity index (χ0v) is 15.6. The van der Waals surface area contributed by atoms with E-state index in [-0.39, 0.29) is 36.0 Å². The van der Waals surface area contributed by atoms with Gasteiger partial charge in [-0.05, 0) is 32.6 Å². The van der Waals surface area contributed by atoms with Crippen molar-refractivity contribution < 1.29 is 9.90 Å². The molecule has 7 heteroatoms. The molecule has 21 heavy (non-hydrogen) atoms. The number of hydrogen-bond donors (Lipinski definition) is 3. The van der Waals surface area contributed by atoms with Crippen molar-refractivity contribution in [1.29, 1.82) is 0 Å². The first-order valence-corrected chi connectivity index (χ1v) is 7.46. The number of carbonyl (C=O) groups excluding carboxylic acids is 1. The van der Waals surface area contributed by atoms with Crippen molar-refractivity contribution in [1.82, 2.24) is 15.5 Å². The van der Waals surface area contributed by atoms with Gasteiger partial charge in [0.1, 0.15) is 0 Å². The standard InChI is InChI=1S/C14H28N4O2.HI/c1-4-15-14(16-10-9-13(20)18(2)3)17-11-5-7-12(19)8-6-11;/h11-12,19H,4-10H2,1-3H3,(H2,15,16,17);1H. The SMILES string of the molecule is CCNC(=NCCC(=O)N(C)C)NC1CCC(O)CC1.I. The first kappa shape index (κ1) is 20.4. The fraction of sp³-hybridized carbons (Fsp3) is 0.857. The highest BCUT2D eigenvalue weighted by atomic mass is 127. The molecule has 1 saturated carbocycles. The number of halogens is 1. The van der Waals surface area contributed by atoms with Crippen LogP contribution in [0.1, 0.15) is 39.0 Å². The predicted molar refractivity (Wildman–Crippen MR) is 96.1 cm³/mol. The lowest BCUT2D eigenvalue weighted by Gasteiger charge is -2.27. The minimum atomic E-state index is -0.148. The quantitative estimate of drug-likeness (QED) is 0.357. The first-order valence-electron chi connectivity index (χ1n) is 7.46. The molecule has 0 atom stereocenters. The number of aliphatic hydroxyl groups is 1. The lowest BCUT2D eigenvalue weighted by Crippen LogP contribution is -2.45. The van der Waals surface area contributed by atoms with Crippen molar-refractivity contribution in [3.8, 4) is 0 Å². The van der Waals surface area contributed by atoms with E-state index >= 15 is 0 Å². The van der Waals surface area contributed by atoms with E-state index in [2.05, 4.69) is 15.6 Å². The lowest BCUT2D eigenvalue weighted by atomic mass is 9.93. The molecular weight excluding hydrogens is 383 g/mol. The van der Waals surface area contributed by atoms with Gasteiger partial charge in [0.2, 0.25) is 5.91 Å². The molecule has 1 fully saturated rings. The summed E-state index contributed by atoms with van der Waals surface area (Å²) in [5.41, 5.74) is 0. The topological polar surface area (TPSA) is 77.0 Å². The number of aliphatic imine (C=N–C) groups is 1. The number of carbonyl (C=O) groups is 1. The van der Waals surface area contributed by atoms with Crippen molar-refractivity contribution >= 4 is 35.8 Å². The number of rotatable bonds is 5. The number of hydrogen-bond acceptors (Lipinski definition) is 3. The molecule has 0 saturated heterocycles. The molecule has 1 amide bonds. The van der Waals surface area contributed by atoms with Crippen LogP contribution in [0, 0.1) is 0 Å². The van der Waals surface area contributed by atoms with E-state index in [1.54, 1.807) is 19.0 Å². The summed E-state index contributed by atoms with van der Waals surface area (Å²) in [5.74, 6) is 0.853. The van der Waals surface area contributed by atoms with Gasteiger partial charge in [0.15, 0.2) is 5.96 Å². The van der Waals surface area contributed by atoms with E-state index in [4.69, 9.17) is 0 Å². The van der Waals surface area contributed by atoms with Gasteiger partial charge in [-0.3, -0.25) is 9.79 Å². The molecule has 0 bridgehead atoms. The Morgan fingerprint density at radius 2 is 1.90 bits per heavy atom. The minimum Gasteiger partial charge on any atom is -0.393 e. The van der Waals surface area contributed by atoms with Gasteiger partial charge >= 0.3 is 0 Å². The van der Waals surface area contributed by atoms with Crippen LogP contribution in [0.15, 0.2) is 4.99 Å². The molecule has 1 rings (SSSR count). The van der Waals surface area contributed by atoms with Crippen molar-refractivity contribution in [2.75, 3.05) is 27.2 Å². The van der Waals surface area contributed by atoms with Gasteiger partial charge in [0.25, 0.3) is 0 Å². The van der Waals surface area contributed by atoms with Crippen LogP contribution in [0.3, 0.4) is 0 Å². The Bertz CT molecular complexity index is 329. The molecule has 3 N–H and O–H groups in total. The molecule has 0 heterocycles. The second-order valence-corrected chi connectivity index (χ2v) is 5.45. The van der Waals surface area contributed by atoms with Gasteiger partial charge < -0.3 is 20.6 Å². The van der Waals surface area contributed by atoms with Crippen molar-refractivity contribution in [3.63, 3.8) is 0 Å². The maximum absolute atomic E-state index is 11.5. The average molecular weight is 412 g/mol. The molecule has 0 unspecified atom stereocenters. The van der Waals surface area contributed by atoms with Gasteiger partial charge in [-0.2, -0.15) is 0 Å². The van der Waals surface area contributed by atoms with Crippen LogP contribution in [-0.2, 0) is 4.79 Å². The molecule has 0 radical (unpaired) electrons. The number of guanidine groups is 1. The van der Waals surface area contributed by atoms with Gasteiger partial charge in [0, 0.05) is 33.1 Å². The number of aliphatic hydroxyl groups excluding tert-OH is 1. The van der Waals surface area contributed by atoms with Gasteiger partial charge in [0.05, 0.1) is 12.6 Å². The predicted octanol–water partition coefficient (Wildman–Crippen LogP) is 0.941. The van der Waals surface area contributed by atoms with Crippen LogP contribution in [0.2, 0.25) is 0 Å². The highest BCUT2D eigenvalue weighted by Gasteiger charge is 2.19. The average Bonchev–Trinajstić information content (AvgIpc) is 2.41. The summed E-state index contributed by atoms with van der Waals surface area (Å²) in [5, 5.41) is 16.1. The summed E-state index contributed by atoms with van der Waals surface area (Å²) < 4.78 is 0. The normalized spacial score (nSPS) is 22.2. The Morgan fingerprint density at radius 3 is 2.43 bits per heavy atom. The molecule has 0 aromatic heterocycles. The van der Waals surface area contributed by atoms with E-state index in [0.29, 0.717) is 19.0 Å². The van der Waals surface area contributed by atoms with Crippen molar-refractivity contribution in [2.45, 2.75) is 51.2 Å². The number of nitrogens with one attached hydrogen (secondary N) is 2. The molecule has 124 valence electrons. The van der Waals surface area contributed by atoms with E-state index in [9.17, 15) is 9.90 Å².